The number of anilines is 1. The number of carbonyl (C=O) groups excluding carboxylic acids is 1. The van der Waals surface area contributed by atoms with E-state index in [0.717, 1.165) is 0 Å². The Balaban J connectivity index is 2.65. The van der Waals surface area contributed by atoms with Crippen molar-refractivity contribution in [3.05, 3.63) is 27.8 Å². The number of aliphatic hydroxyl groups is 1. The van der Waals surface area contributed by atoms with E-state index in [1.165, 1.54) is 19.2 Å². The topological polar surface area (TPSA) is 102 Å². The highest BCUT2D eigenvalue weighted by atomic mass is 16.6. The highest BCUT2D eigenvalue weighted by molar-refractivity contribution is 6.04. The number of nitro groups is 1. The molecule has 1 aromatic rings. The molecule has 0 spiro atoms. The zero-order chi connectivity index (χ0) is 11.9. The Morgan fingerprint density at radius 3 is 2.81 bits per heavy atom. The minimum absolute atomic E-state index is 0.0308. The van der Waals surface area contributed by atoms with Crippen LogP contribution in [0.15, 0.2) is 12.1 Å². The van der Waals surface area contributed by atoms with Crippen LogP contribution in [0.3, 0.4) is 0 Å². The summed E-state index contributed by atoms with van der Waals surface area (Å²) in [5, 5.41) is 22.5. The predicted octanol–water partition coefficient (Wildman–Crippen LogP) is 0.589. The Morgan fingerprint density at radius 2 is 2.25 bits per heavy atom. The number of aliphatic hydroxyl groups excluding tert-OH is 1. The summed E-state index contributed by atoms with van der Waals surface area (Å²) in [6.45, 7) is 0. The molecule has 7 nitrogen and oxygen atoms in total. The van der Waals surface area contributed by atoms with Crippen LogP contribution >= 0.6 is 0 Å². The number of benzene rings is 1. The van der Waals surface area contributed by atoms with Crippen molar-refractivity contribution in [2.24, 2.45) is 0 Å². The summed E-state index contributed by atoms with van der Waals surface area (Å²) in [6, 6.07) is 2.59. The molecule has 0 saturated carbocycles. The first-order valence-corrected chi connectivity index (χ1v) is 4.40. The highest BCUT2D eigenvalue weighted by Gasteiger charge is 2.35. The van der Waals surface area contributed by atoms with Crippen molar-refractivity contribution in [1.82, 2.24) is 0 Å². The van der Waals surface area contributed by atoms with E-state index in [0.29, 0.717) is 0 Å². The van der Waals surface area contributed by atoms with Crippen LogP contribution < -0.4 is 10.1 Å². The van der Waals surface area contributed by atoms with Gasteiger partial charge in [-0.05, 0) is 6.07 Å². The molecule has 1 unspecified atom stereocenters. The zero-order valence-corrected chi connectivity index (χ0v) is 8.26. The molecule has 1 heterocycles. The van der Waals surface area contributed by atoms with Crippen molar-refractivity contribution in [3.8, 4) is 5.75 Å². The normalized spacial score (nSPS) is 17.9. The lowest BCUT2D eigenvalue weighted by atomic mass is 10.1. The molecule has 0 bridgehead atoms. The SMILES string of the molecule is COc1cc2c(c([N+](=O)[O-])c1)NC(=O)C2O. The molecule has 1 aliphatic rings. The number of fused-ring (bicyclic) bond motifs is 1. The lowest BCUT2D eigenvalue weighted by Crippen LogP contribution is -2.10. The molecular formula is C9H8N2O5. The van der Waals surface area contributed by atoms with Gasteiger partial charge in [-0.25, -0.2) is 0 Å². The summed E-state index contributed by atoms with van der Waals surface area (Å²) >= 11 is 0. The van der Waals surface area contributed by atoms with Crippen molar-refractivity contribution in [2.45, 2.75) is 6.10 Å². The predicted molar refractivity (Wildman–Crippen MR) is 53.2 cm³/mol. The number of nitrogens with one attached hydrogen (secondary N) is 1. The quantitative estimate of drug-likeness (QED) is 0.565. The Hall–Kier alpha value is -2.15. The number of rotatable bonds is 2. The molecule has 0 radical (unpaired) electrons. The monoisotopic (exact) mass is 224 g/mol. The van der Waals surface area contributed by atoms with Crippen molar-refractivity contribution in [3.63, 3.8) is 0 Å². The summed E-state index contributed by atoms with van der Waals surface area (Å²) in [5.74, 6) is -0.452. The molecule has 0 fully saturated rings. The van der Waals surface area contributed by atoms with E-state index in [1.54, 1.807) is 0 Å². The fourth-order valence-corrected chi connectivity index (χ4v) is 1.57. The van der Waals surface area contributed by atoms with Crippen LogP contribution in [0.2, 0.25) is 0 Å². The molecule has 1 aliphatic heterocycles. The summed E-state index contributed by atoms with van der Waals surface area (Å²) in [7, 11) is 1.35. The van der Waals surface area contributed by atoms with Gasteiger partial charge in [-0.15, -0.1) is 0 Å². The van der Waals surface area contributed by atoms with Crippen LogP contribution in [0, 0.1) is 10.1 Å². The molecular weight excluding hydrogens is 216 g/mol. The van der Waals surface area contributed by atoms with Gasteiger partial charge in [-0.2, -0.15) is 0 Å². The minimum Gasteiger partial charge on any atom is -0.496 e. The van der Waals surface area contributed by atoms with Gasteiger partial charge in [0, 0.05) is 5.56 Å². The van der Waals surface area contributed by atoms with E-state index in [2.05, 4.69) is 5.32 Å². The first-order chi connectivity index (χ1) is 7.54. The van der Waals surface area contributed by atoms with Gasteiger partial charge in [0.1, 0.15) is 11.4 Å². The lowest BCUT2D eigenvalue weighted by Gasteiger charge is -2.05. The number of nitrogens with zero attached hydrogens (tertiary/aromatic N) is 1. The Bertz CT molecular complexity index is 485. The van der Waals surface area contributed by atoms with E-state index in [9.17, 15) is 20.0 Å². The standard InChI is InChI=1S/C9H8N2O5/c1-16-4-2-5-7(6(3-4)11(14)15)10-9(13)8(5)12/h2-3,8,12H,1H3,(H,10,13). The van der Waals surface area contributed by atoms with Gasteiger partial charge in [0.2, 0.25) is 0 Å². The average Bonchev–Trinajstić information content (AvgIpc) is 2.54. The fourth-order valence-electron chi connectivity index (χ4n) is 1.57. The van der Waals surface area contributed by atoms with Crippen molar-refractivity contribution >= 4 is 17.3 Å². The van der Waals surface area contributed by atoms with Crippen molar-refractivity contribution < 1.29 is 19.6 Å². The molecule has 16 heavy (non-hydrogen) atoms. The third kappa shape index (κ3) is 1.38. The summed E-state index contributed by atoms with van der Waals surface area (Å²) < 4.78 is 4.86. The number of amides is 1. The maximum Gasteiger partial charge on any atom is 0.296 e. The van der Waals surface area contributed by atoms with Crippen molar-refractivity contribution in [1.29, 1.82) is 0 Å². The smallest absolute Gasteiger partial charge is 0.296 e. The molecule has 0 aromatic heterocycles. The van der Waals surface area contributed by atoms with Gasteiger partial charge in [0.05, 0.1) is 18.1 Å². The van der Waals surface area contributed by atoms with Gasteiger partial charge in [0.15, 0.2) is 6.10 Å². The van der Waals surface area contributed by atoms with Crippen LogP contribution in [0.25, 0.3) is 0 Å². The third-order valence-corrected chi connectivity index (χ3v) is 2.35. The van der Waals surface area contributed by atoms with Gasteiger partial charge in [-0.3, -0.25) is 14.9 Å². The number of methoxy groups -OCH3 is 1. The largest absolute Gasteiger partial charge is 0.496 e. The molecule has 1 atom stereocenters. The maximum atomic E-state index is 11.2. The van der Waals surface area contributed by atoms with Crippen LogP contribution in [0.4, 0.5) is 11.4 Å². The number of ether oxygens (including phenoxy) is 1. The molecule has 1 aromatic carbocycles. The second-order valence-electron chi connectivity index (χ2n) is 3.26. The maximum absolute atomic E-state index is 11.2. The molecule has 2 N–H and O–H groups in total. The zero-order valence-electron chi connectivity index (χ0n) is 8.26. The van der Waals surface area contributed by atoms with Gasteiger partial charge >= 0.3 is 0 Å². The third-order valence-electron chi connectivity index (χ3n) is 2.35. The number of hydrogen-bond donors (Lipinski definition) is 2. The van der Waals surface area contributed by atoms with E-state index in [1.807, 2.05) is 0 Å². The molecule has 84 valence electrons. The number of hydrogen-bond acceptors (Lipinski definition) is 5. The van der Waals surface area contributed by atoms with Gasteiger partial charge < -0.3 is 15.2 Å². The fraction of sp³-hybridized carbons (Fsp3) is 0.222. The van der Waals surface area contributed by atoms with Crippen LogP contribution in [-0.4, -0.2) is 23.0 Å². The Kier molecular flexibility index (Phi) is 2.24. The lowest BCUT2D eigenvalue weighted by molar-refractivity contribution is -0.384. The average molecular weight is 224 g/mol. The summed E-state index contributed by atoms with van der Waals surface area (Å²) in [6.07, 6.45) is -1.39. The number of carbonyl (C=O) groups is 1. The molecule has 2 rings (SSSR count). The first kappa shape index (κ1) is 10.4. The molecule has 1 amide bonds. The van der Waals surface area contributed by atoms with Crippen LogP contribution in [0.1, 0.15) is 11.7 Å². The minimum atomic E-state index is -1.39. The second-order valence-corrected chi connectivity index (χ2v) is 3.26. The highest BCUT2D eigenvalue weighted by Crippen LogP contribution is 2.40. The van der Waals surface area contributed by atoms with E-state index in [-0.39, 0.29) is 22.7 Å². The Labute approximate surface area is 89.8 Å². The van der Waals surface area contributed by atoms with Crippen LogP contribution in [-0.2, 0) is 4.79 Å². The van der Waals surface area contributed by atoms with E-state index < -0.39 is 16.9 Å². The summed E-state index contributed by atoms with van der Waals surface area (Å²) in [5.41, 5.74) is -0.0985. The Morgan fingerprint density at radius 1 is 1.56 bits per heavy atom. The number of nitro benzene ring substituents is 1. The molecule has 0 aliphatic carbocycles. The molecule has 7 heteroatoms. The van der Waals surface area contributed by atoms with E-state index in [4.69, 9.17) is 4.74 Å². The second kappa shape index (κ2) is 3.46. The molecule has 0 saturated heterocycles. The van der Waals surface area contributed by atoms with Gasteiger partial charge in [0.25, 0.3) is 11.6 Å². The summed E-state index contributed by atoms with van der Waals surface area (Å²) in [4.78, 5) is 21.3. The first-order valence-electron chi connectivity index (χ1n) is 4.40. The van der Waals surface area contributed by atoms with Crippen molar-refractivity contribution in [2.75, 3.05) is 12.4 Å². The van der Waals surface area contributed by atoms with Gasteiger partial charge in [-0.1, -0.05) is 0 Å². The van der Waals surface area contributed by atoms with E-state index >= 15 is 0 Å². The van der Waals surface area contributed by atoms with Crippen LogP contribution in [0.5, 0.6) is 5.75 Å².